The molecule has 0 aliphatic rings. The van der Waals surface area contributed by atoms with Crippen LogP contribution in [0.3, 0.4) is 0 Å². The van der Waals surface area contributed by atoms with Crippen LogP contribution in [0, 0.1) is 0 Å². The highest BCUT2D eigenvalue weighted by molar-refractivity contribution is 4.42. The second kappa shape index (κ2) is 7.34. The highest BCUT2D eigenvalue weighted by Gasteiger charge is 2.12. The van der Waals surface area contributed by atoms with Crippen LogP contribution in [0.5, 0.6) is 0 Å². The average molecular weight is 188 g/mol. The van der Waals surface area contributed by atoms with Crippen molar-refractivity contribution in [1.82, 2.24) is 0 Å². The molecule has 0 spiro atoms. The van der Waals surface area contributed by atoms with Gasteiger partial charge in [0, 0.05) is 0 Å². The molecule has 0 aromatic carbocycles. The number of aliphatic hydroxyl groups excluding tert-OH is 1. The largest absolute Gasteiger partial charge is 0.391 e. The molecule has 0 saturated carbocycles. The predicted molar refractivity (Wildman–Crippen MR) is 57.7 cm³/mol. The first-order valence-electron chi connectivity index (χ1n) is 5.55. The lowest BCUT2D eigenvalue weighted by Gasteiger charge is -2.28. The molecular weight excluding hydrogens is 162 g/mol. The molecule has 0 rings (SSSR count). The maximum absolute atomic E-state index is 8.83. The number of rotatable bonds is 8. The van der Waals surface area contributed by atoms with Gasteiger partial charge in [0.2, 0.25) is 0 Å². The summed E-state index contributed by atoms with van der Waals surface area (Å²) in [6.07, 6.45) is 6.70. The summed E-state index contributed by atoms with van der Waals surface area (Å²) in [5, 5.41) is 8.83. The Kier molecular flexibility index (Phi) is 7.29. The Morgan fingerprint density at radius 3 is 2.08 bits per heavy atom. The minimum Gasteiger partial charge on any atom is -0.391 e. The van der Waals surface area contributed by atoms with Crippen LogP contribution >= 0.6 is 0 Å². The lowest BCUT2D eigenvalue weighted by Crippen LogP contribution is -2.42. The smallest absolute Gasteiger partial charge is 0.102 e. The Balaban J connectivity index is 3.29. The van der Waals surface area contributed by atoms with Crippen LogP contribution in [-0.2, 0) is 0 Å². The third kappa shape index (κ3) is 8.26. The molecule has 1 N–H and O–H groups in total. The molecule has 0 unspecified atom stereocenters. The molecule has 0 radical (unpaired) electrons. The number of hydrogen-bond donors (Lipinski definition) is 1. The van der Waals surface area contributed by atoms with Crippen molar-refractivity contribution >= 4 is 0 Å². The van der Waals surface area contributed by atoms with Gasteiger partial charge in [-0.15, -0.1) is 0 Å². The number of aliphatic hydroxyl groups is 1. The minimum atomic E-state index is 0.308. The minimum absolute atomic E-state index is 0.308. The number of nitrogens with zero attached hydrogens (tertiary/aromatic N) is 1. The van der Waals surface area contributed by atoms with Crippen molar-refractivity contribution in [1.29, 1.82) is 0 Å². The van der Waals surface area contributed by atoms with Crippen molar-refractivity contribution in [2.75, 3.05) is 33.8 Å². The fraction of sp³-hybridized carbons (Fsp3) is 1.00. The second-order valence-corrected chi connectivity index (χ2v) is 4.52. The van der Waals surface area contributed by atoms with Crippen LogP contribution in [0.2, 0.25) is 0 Å². The fourth-order valence-electron chi connectivity index (χ4n) is 1.53. The highest BCUT2D eigenvalue weighted by atomic mass is 16.3. The second-order valence-electron chi connectivity index (χ2n) is 4.52. The van der Waals surface area contributed by atoms with E-state index in [1.54, 1.807) is 0 Å². The zero-order valence-electron chi connectivity index (χ0n) is 9.55. The Morgan fingerprint density at radius 1 is 0.923 bits per heavy atom. The first kappa shape index (κ1) is 12.9. The molecule has 0 aliphatic carbocycles. The summed E-state index contributed by atoms with van der Waals surface area (Å²) in [5.74, 6) is 0. The zero-order valence-corrected chi connectivity index (χ0v) is 9.55. The van der Waals surface area contributed by atoms with Crippen molar-refractivity contribution < 1.29 is 9.59 Å². The number of unbranched alkanes of at least 4 members (excludes halogenated alkanes) is 4. The van der Waals surface area contributed by atoms with E-state index in [2.05, 4.69) is 21.0 Å². The molecule has 0 atom stereocenters. The van der Waals surface area contributed by atoms with Crippen LogP contribution in [0.1, 0.15) is 39.0 Å². The molecule has 0 aromatic rings. The van der Waals surface area contributed by atoms with E-state index in [1.807, 2.05) is 0 Å². The molecule has 80 valence electrons. The van der Waals surface area contributed by atoms with Gasteiger partial charge in [-0.05, 0) is 12.8 Å². The van der Waals surface area contributed by atoms with E-state index >= 15 is 0 Å². The van der Waals surface area contributed by atoms with Crippen molar-refractivity contribution in [3.05, 3.63) is 0 Å². The monoisotopic (exact) mass is 188 g/mol. The van der Waals surface area contributed by atoms with Crippen molar-refractivity contribution in [3.63, 3.8) is 0 Å². The normalized spacial score (nSPS) is 12.0. The van der Waals surface area contributed by atoms with Gasteiger partial charge in [0.1, 0.15) is 6.54 Å². The van der Waals surface area contributed by atoms with Gasteiger partial charge in [-0.3, -0.25) is 0 Å². The summed E-state index contributed by atoms with van der Waals surface area (Å²) >= 11 is 0. The van der Waals surface area contributed by atoms with Crippen LogP contribution in [-0.4, -0.2) is 43.4 Å². The van der Waals surface area contributed by atoms with E-state index in [0.717, 1.165) is 11.0 Å². The van der Waals surface area contributed by atoms with E-state index in [-0.39, 0.29) is 0 Å². The molecule has 0 aliphatic heterocycles. The van der Waals surface area contributed by atoms with Gasteiger partial charge < -0.3 is 9.59 Å². The molecule has 0 aromatic heterocycles. The molecule has 0 heterocycles. The average Bonchev–Trinajstić information content (AvgIpc) is 2.04. The first-order valence-corrected chi connectivity index (χ1v) is 5.55. The quantitative estimate of drug-likeness (QED) is 0.456. The van der Waals surface area contributed by atoms with Crippen molar-refractivity contribution in [3.8, 4) is 0 Å². The molecule has 0 bridgehead atoms. The van der Waals surface area contributed by atoms with E-state index in [9.17, 15) is 0 Å². The van der Waals surface area contributed by atoms with Crippen LogP contribution < -0.4 is 0 Å². The SMILES string of the molecule is CCCCCCC[N+](C)(C)CCO. The Morgan fingerprint density at radius 2 is 1.54 bits per heavy atom. The number of hydrogen-bond acceptors (Lipinski definition) is 1. The molecule has 2 heteroatoms. The Labute approximate surface area is 83.2 Å². The van der Waals surface area contributed by atoms with E-state index in [4.69, 9.17) is 5.11 Å². The number of quaternary nitrogens is 1. The van der Waals surface area contributed by atoms with Gasteiger partial charge >= 0.3 is 0 Å². The summed E-state index contributed by atoms with van der Waals surface area (Å²) < 4.78 is 0.961. The predicted octanol–water partition coefficient (Wildman–Crippen LogP) is 2.03. The molecule has 0 amide bonds. The van der Waals surface area contributed by atoms with E-state index in [1.165, 1.54) is 38.6 Å². The standard InChI is InChI=1S/C11H26NO/c1-4-5-6-7-8-9-12(2,3)10-11-13/h13H,4-11H2,1-3H3/q+1. The molecule has 13 heavy (non-hydrogen) atoms. The van der Waals surface area contributed by atoms with Gasteiger partial charge in [0.05, 0.1) is 27.2 Å². The summed E-state index contributed by atoms with van der Waals surface area (Å²) in [7, 11) is 4.38. The fourth-order valence-corrected chi connectivity index (χ4v) is 1.53. The Hall–Kier alpha value is -0.0800. The van der Waals surface area contributed by atoms with Crippen molar-refractivity contribution in [2.24, 2.45) is 0 Å². The van der Waals surface area contributed by atoms with Gasteiger partial charge in [0.15, 0.2) is 0 Å². The van der Waals surface area contributed by atoms with Gasteiger partial charge in [0.25, 0.3) is 0 Å². The first-order chi connectivity index (χ1) is 6.12. The number of likely N-dealkylation sites (N-methyl/N-ethyl adjacent to an activating group) is 1. The molecule has 2 nitrogen and oxygen atoms in total. The lowest BCUT2D eigenvalue weighted by atomic mass is 10.1. The van der Waals surface area contributed by atoms with Crippen LogP contribution in [0.4, 0.5) is 0 Å². The lowest BCUT2D eigenvalue weighted by molar-refractivity contribution is -0.890. The maximum atomic E-state index is 8.83. The summed E-state index contributed by atoms with van der Waals surface area (Å²) in [4.78, 5) is 0. The molecular formula is C11H26NO+. The van der Waals surface area contributed by atoms with Crippen molar-refractivity contribution in [2.45, 2.75) is 39.0 Å². The van der Waals surface area contributed by atoms with Gasteiger partial charge in [-0.1, -0.05) is 26.2 Å². The molecule has 0 saturated heterocycles. The third-order valence-electron chi connectivity index (χ3n) is 2.57. The summed E-state index contributed by atoms with van der Waals surface area (Å²) in [6.45, 7) is 4.63. The van der Waals surface area contributed by atoms with Crippen LogP contribution in [0.15, 0.2) is 0 Å². The summed E-state index contributed by atoms with van der Waals surface area (Å²) in [5.41, 5.74) is 0. The van der Waals surface area contributed by atoms with Crippen LogP contribution in [0.25, 0.3) is 0 Å². The summed E-state index contributed by atoms with van der Waals surface area (Å²) in [6, 6.07) is 0. The van der Waals surface area contributed by atoms with E-state index in [0.29, 0.717) is 6.61 Å². The maximum Gasteiger partial charge on any atom is 0.102 e. The highest BCUT2D eigenvalue weighted by Crippen LogP contribution is 2.06. The van der Waals surface area contributed by atoms with Gasteiger partial charge in [-0.25, -0.2) is 0 Å². The Bertz CT molecular complexity index is 113. The molecule has 0 fully saturated rings. The topological polar surface area (TPSA) is 20.2 Å². The zero-order chi connectivity index (χ0) is 10.2. The van der Waals surface area contributed by atoms with Gasteiger partial charge in [-0.2, -0.15) is 0 Å². The van der Waals surface area contributed by atoms with E-state index < -0.39 is 0 Å². The third-order valence-corrected chi connectivity index (χ3v) is 2.57.